The van der Waals surface area contributed by atoms with E-state index in [-0.39, 0.29) is 6.04 Å². The number of hydrogen-bond donors (Lipinski definition) is 1. The van der Waals surface area contributed by atoms with Crippen LogP contribution in [0.1, 0.15) is 28.3 Å². The van der Waals surface area contributed by atoms with E-state index in [2.05, 4.69) is 43.3 Å². The molecule has 3 rings (SSSR count). The Bertz CT molecular complexity index is 596. The van der Waals surface area contributed by atoms with Crippen molar-refractivity contribution in [2.75, 3.05) is 7.11 Å². The summed E-state index contributed by atoms with van der Waals surface area (Å²) in [5.41, 5.74) is 11.9. The number of rotatable bonds is 3. The number of benzene rings is 2. The van der Waals surface area contributed by atoms with Gasteiger partial charge in [-0.1, -0.05) is 30.3 Å². The molecule has 1 atom stereocenters. The minimum atomic E-state index is 0.0910. The number of hydrogen-bond acceptors (Lipinski definition) is 2. The zero-order valence-corrected chi connectivity index (χ0v) is 12.1. The molecule has 2 aromatic carbocycles. The van der Waals surface area contributed by atoms with Crippen LogP contribution in [-0.2, 0) is 12.8 Å². The Labute approximate surface area is 120 Å². The summed E-state index contributed by atoms with van der Waals surface area (Å²) in [6.45, 7) is 2.11. The Hall–Kier alpha value is -1.80. The maximum atomic E-state index is 6.53. The lowest BCUT2D eigenvalue weighted by Crippen LogP contribution is -2.22. The highest BCUT2D eigenvalue weighted by Gasteiger charge is 2.27. The molecule has 0 radical (unpaired) electrons. The fourth-order valence-electron chi connectivity index (χ4n) is 3.25. The van der Waals surface area contributed by atoms with Crippen LogP contribution >= 0.6 is 0 Å². The zero-order valence-electron chi connectivity index (χ0n) is 12.1. The van der Waals surface area contributed by atoms with Gasteiger partial charge in [0, 0.05) is 6.04 Å². The molecule has 0 fully saturated rings. The van der Waals surface area contributed by atoms with E-state index in [4.69, 9.17) is 10.5 Å². The second kappa shape index (κ2) is 5.29. The normalized spacial score (nSPS) is 15.9. The number of ether oxygens (including phenoxy) is 1. The van der Waals surface area contributed by atoms with Crippen molar-refractivity contribution in [3.8, 4) is 5.75 Å². The summed E-state index contributed by atoms with van der Waals surface area (Å²) < 4.78 is 5.27. The van der Waals surface area contributed by atoms with Crippen molar-refractivity contribution in [3.63, 3.8) is 0 Å². The molecule has 0 aliphatic heterocycles. The van der Waals surface area contributed by atoms with Gasteiger partial charge in [-0.25, -0.2) is 0 Å². The molecule has 0 saturated carbocycles. The van der Waals surface area contributed by atoms with Crippen molar-refractivity contribution in [1.82, 2.24) is 0 Å². The third-order valence-corrected chi connectivity index (χ3v) is 4.43. The largest absolute Gasteiger partial charge is 0.497 e. The molecule has 104 valence electrons. The van der Waals surface area contributed by atoms with Crippen molar-refractivity contribution in [1.29, 1.82) is 0 Å². The van der Waals surface area contributed by atoms with Crippen molar-refractivity contribution < 1.29 is 4.74 Å². The second-order valence-electron chi connectivity index (χ2n) is 5.69. The van der Waals surface area contributed by atoms with E-state index in [9.17, 15) is 0 Å². The third kappa shape index (κ3) is 2.32. The molecular weight excluding hydrogens is 246 g/mol. The van der Waals surface area contributed by atoms with Crippen molar-refractivity contribution in [3.05, 3.63) is 64.7 Å². The maximum absolute atomic E-state index is 6.53. The molecule has 0 amide bonds. The van der Waals surface area contributed by atoms with Gasteiger partial charge in [-0.3, -0.25) is 0 Å². The van der Waals surface area contributed by atoms with Crippen LogP contribution in [0.2, 0.25) is 0 Å². The molecule has 0 aromatic heterocycles. The standard InChI is InChI=1S/C18H21NO/c1-12-9-16(20-2)7-8-17(12)18(19)15-10-13-5-3-4-6-14(13)11-15/h3-9,15,18H,10-11,19H2,1-2H3. The first-order valence-corrected chi connectivity index (χ1v) is 7.16. The lowest BCUT2D eigenvalue weighted by molar-refractivity contribution is 0.412. The highest BCUT2D eigenvalue weighted by molar-refractivity contribution is 5.39. The van der Waals surface area contributed by atoms with Crippen LogP contribution in [0, 0.1) is 12.8 Å². The van der Waals surface area contributed by atoms with Gasteiger partial charge in [-0.05, 0) is 60.1 Å². The molecule has 1 aliphatic rings. The maximum Gasteiger partial charge on any atom is 0.119 e. The fourth-order valence-corrected chi connectivity index (χ4v) is 3.25. The van der Waals surface area contributed by atoms with Crippen molar-refractivity contribution in [2.24, 2.45) is 11.7 Å². The first-order chi connectivity index (χ1) is 9.69. The van der Waals surface area contributed by atoms with Gasteiger partial charge in [0.15, 0.2) is 0 Å². The monoisotopic (exact) mass is 267 g/mol. The lowest BCUT2D eigenvalue weighted by atomic mass is 9.89. The van der Waals surface area contributed by atoms with Crippen molar-refractivity contribution >= 4 is 0 Å². The molecule has 1 unspecified atom stereocenters. The average molecular weight is 267 g/mol. The minimum absolute atomic E-state index is 0.0910. The highest BCUT2D eigenvalue weighted by atomic mass is 16.5. The molecule has 2 N–H and O–H groups in total. The van der Waals surface area contributed by atoms with Gasteiger partial charge in [-0.15, -0.1) is 0 Å². The van der Waals surface area contributed by atoms with Crippen LogP contribution in [0.25, 0.3) is 0 Å². The van der Waals surface area contributed by atoms with E-state index < -0.39 is 0 Å². The van der Waals surface area contributed by atoms with E-state index >= 15 is 0 Å². The van der Waals surface area contributed by atoms with Gasteiger partial charge in [0.2, 0.25) is 0 Å². The van der Waals surface area contributed by atoms with Gasteiger partial charge >= 0.3 is 0 Å². The van der Waals surface area contributed by atoms with E-state index in [0.717, 1.165) is 18.6 Å². The number of aryl methyl sites for hydroxylation is 1. The zero-order chi connectivity index (χ0) is 14.1. The van der Waals surface area contributed by atoms with Crippen LogP contribution in [-0.4, -0.2) is 7.11 Å². The summed E-state index contributed by atoms with van der Waals surface area (Å²) in [7, 11) is 1.70. The minimum Gasteiger partial charge on any atom is -0.497 e. The first kappa shape index (κ1) is 13.2. The van der Waals surface area contributed by atoms with E-state index in [1.807, 2.05) is 6.07 Å². The van der Waals surface area contributed by atoms with E-state index in [1.54, 1.807) is 7.11 Å². The molecule has 0 bridgehead atoms. The molecule has 2 nitrogen and oxygen atoms in total. The summed E-state index contributed by atoms with van der Waals surface area (Å²) in [6, 6.07) is 15.0. The average Bonchev–Trinajstić information content (AvgIpc) is 2.90. The Kier molecular flexibility index (Phi) is 3.49. The van der Waals surface area contributed by atoms with Crippen LogP contribution in [0.3, 0.4) is 0 Å². The molecule has 0 spiro atoms. The molecule has 0 saturated heterocycles. The van der Waals surface area contributed by atoms with Gasteiger partial charge < -0.3 is 10.5 Å². The predicted molar refractivity (Wildman–Crippen MR) is 82.0 cm³/mol. The van der Waals surface area contributed by atoms with Crippen LogP contribution < -0.4 is 10.5 Å². The number of methoxy groups -OCH3 is 1. The first-order valence-electron chi connectivity index (χ1n) is 7.16. The summed E-state index contributed by atoms with van der Waals surface area (Å²) >= 11 is 0. The Balaban J connectivity index is 1.82. The predicted octanol–water partition coefficient (Wildman–Crippen LogP) is 3.42. The van der Waals surface area contributed by atoms with Crippen molar-refractivity contribution in [2.45, 2.75) is 25.8 Å². The highest BCUT2D eigenvalue weighted by Crippen LogP contribution is 2.35. The van der Waals surface area contributed by atoms with E-state index in [1.165, 1.54) is 22.3 Å². The summed E-state index contributed by atoms with van der Waals surface area (Å²) in [6.07, 6.45) is 2.17. The van der Waals surface area contributed by atoms with E-state index in [0.29, 0.717) is 5.92 Å². The Morgan fingerprint density at radius 2 is 1.75 bits per heavy atom. The van der Waals surface area contributed by atoms with Gasteiger partial charge in [0.25, 0.3) is 0 Å². The molecule has 2 heteroatoms. The van der Waals surface area contributed by atoms with Gasteiger partial charge in [0.1, 0.15) is 5.75 Å². The Morgan fingerprint density at radius 3 is 2.30 bits per heavy atom. The quantitative estimate of drug-likeness (QED) is 0.925. The number of nitrogens with two attached hydrogens (primary N) is 1. The summed E-state index contributed by atoms with van der Waals surface area (Å²) in [4.78, 5) is 0. The summed E-state index contributed by atoms with van der Waals surface area (Å²) in [5.74, 6) is 1.40. The Morgan fingerprint density at radius 1 is 1.10 bits per heavy atom. The van der Waals surface area contributed by atoms with Crippen LogP contribution in [0.15, 0.2) is 42.5 Å². The topological polar surface area (TPSA) is 35.2 Å². The third-order valence-electron chi connectivity index (χ3n) is 4.43. The van der Waals surface area contributed by atoms with Gasteiger partial charge in [-0.2, -0.15) is 0 Å². The molecular formula is C18H21NO. The smallest absolute Gasteiger partial charge is 0.119 e. The molecule has 2 aromatic rings. The van der Waals surface area contributed by atoms with Crippen LogP contribution in [0.5, 0.6) is 5.75 Å². The lowest BCUT2D eigenvalue weighted by Gasteiger charge is -2.21. The molecule has 20 heavy (non-hydrogen) atoms. The number of fused-ring (bicyclic) bond motifs is 1. The second-order valence-corrected chi connectivity index (χ2v) is 5.69. The summed E-state index contributed by atoms with van der Waals surface area (Å²) in [5, 5.41) is 0. The van der Waals surface area contributed by atoms with Gasteiger partial charge in [0.05, 0.1) is 7.11 Å². The molecule has 0 heterocycles. The van der Waals surface area contributed by atoms with Crippen LogP contribution in [0.4, 0.5) is 0 Å². The SMILES string of the molecule is COc1ccc(C(N)C2Cc3ccccc3C2)c(C)c1. The fraction of sp³-hybridized carbons (Fsp3) is 0.333. The molecule has 1 aliphatic carbocycles.